The van der Waals surface area contributed by atoms with Crippen LogP contribution in [-0.2, 0) is 14.4 Å². The molecule has 2 amide bonds. The summed E-state index contributed by atoms with van der Waals surface area (Å²) in [6.45, 7) is 6.75. The number of carbonyl (C=O) groups excluding carboxylic acids is 2. The van der Waals surface area contributed by atoms with Gasteiger partial charge in [-0.25, -0.2) is 9.86 Å². The van der Waals surface area contributed by atoms with Crippen LogP contribution in [-0.4, -0.2) is 54.8 Å². The third kappa shape index (κ3) is 2.68. The van der Waals surface area contributed by atoms with Gasteiger partial charge in [-0.15, -0.1) is 0 Å². The topological polar surface area (TPSA) is 59.1 Å². The predicted octanol–water partition coefficient (Wildman–Crippen LogP) is 1.26. The third-order valence-electron chi connectivity index (χ3n) is 3.74. The molecule has 2 aliphatic rings. The van der Waals surface area contributed by atoms with Crippen LogP contribution >= 0.6 is 0 Å². The lowest BCUT2D eigenvalue weighted by molar-refractivity contribution is -0.172. The molecule has 0 bridgehead atoms. The lowest BCUT2D eigenvalue weighted by Crippen LogP contribution is -2.54. The number of nitrogens with zero attached hydrogens (tertiary/aromatic N) is 2. The van der Waals surface area contributed by atoms with Crippen LogP contribution in [0, 0.1) is 11.3 Å². The SMILES string of the molecule is CON(C)C(=O)C1CC12CN(C(=O)OC(C)(C)C)C2. The van der Waals surface area contributed by atoms with Crippen molar-refractivity contribution in [1.29, 1.82) is 0 Å². The highest BCUT2D eigenvalue weighted by Crippen LogP contribution is 2.59. The molecule has 0 aromatic rings. The minimum absolute atomic E-state index is 0.00802. The van der Waals surface area contributed by atoms with Crippen LogP contribution in [0.4, 0.5) is 4.79 Å². The Morgan fingerprint density at radius 2 is 1.89 bits per heavy atom. The number of hydrogen-bond acceptors (Lipinski definition) is 4. The maximum absolute atomic E-state index is 11.9. The molecule has 2 rings (SSSR count). The van der Waals surface area contributed by atoms with Gasteiger partial charge in [0.1, 0.15) is 5.60 Å². The molecule has 0 radical (unpaired) electrons. The molecule has 1 spiro atoms. The van der Waals surface area contributed by atoms with E-state index < -0.39 is 5.60 Å². The average Bonchev–Trinajstić information content (AvgIpc) is 2.97. The standard InChI is InChI=1S/C13H22N2O4/c1-12(2,3)19-11(17)15-7-13(8-15)6-9(13)10(16)14(4)18-5/h9H,6-8H2,1-5H3. The Morgan fingerprint density at radius 3 is 2.37 bits per heavy atom. The van der Waals surface area contributed by atoms with E-state index in [1.165, 1.54) is 12.2 Å². The number of carbonyl (C=O) groups is 2. The Balaban J connectivity index is 1.82. The molecule has 1 heterocycles. The van der Waals surface area contributed by atoms with Gasteiger partial charge in [0, 0.05) is 25.6 Å². The molecule has 0 aromatic heterocycles. The Morgan fingerprint density at radius 1 is 1.32 bits per heavy atom. The van der Waals surface area contributed by atoms with E-state index in [0.29, 0.717) is 13.1 Å². The van der Waals surface area contributed by atoms with Crippen molar-refractivity contribution in [3.63, 3.8) is 0 Å². The molecule has 6 nitrogen and oxygen atoms in total. The van der Waals surface area contributed by atoms with Gasteiger partial charge in [-0.3, -0.25) is 9.63 Å². The number of rotatable bonds is 2. The molecular formula is C13H22N2O4. The zero-order valence-corrected chi connectivity index (χ0v) is 12.2. The predicted molar refractivity (Wildman–Crippen MR) is 68.1 cm³/mol. The minimum atomic E-state index is -0.477. The van der Waals surface area contributed by atoms with E-state index in [2.05, 4.69) is 0 Å². The van der Waals surface area contributed by atoms with Crippen LogP contribution in [0.25, 0.3) is 0 Å². The quantitative estimate of drug-likeness (QED) is 0.709. The fraction of sp³-hybridized carbons (Fsp3) is 0.846. The second-order valence-corrected chi connectivity index (χ2v) is 6.47. The van der Waals surface area contributed by atoms with Crippen molar-refractivity contribution in [3.8, 4) is 0 Å². The average molecular weight is 270 g/mol. The zero-order chi connectivity index (χ0) is 14.4. The molecule has 1 atom stereocenters. The molecule has 2 fully saturated rings. The van der Waals surface area contributed by atoms with E-state index in [-0.39, 0.29) is 23.3 Å². The highest BCUT2D eigenvalue weighted by Gasteiger charge is 2.66. The van der Waals surface area contributed by atoms with Crippen molar-refractivity contribution in [3.05, 3.63) is 0 Å². The first-order chi connectivity index (χ1) is 8.68. The van der Waals surface area contributed by atoms with Crippen LogP contribution in [0.1, 0.15) is 27.2 Å². The van der Waals surface area contributed by atoms with Crippen LogP contribution in [0.3, 0.4) is 0 Å². The fourth-order valence-corrected chi connectivity index (χ4v) is 2.53. The molecule has 0 N–H and O–H groups in total. The number of ether oxygens (including phenoxy) is 1. The monoisotopic (exact) mass is 270 g/mol. The van der Waals surface area contributed by atoms with Crippen LogP contribution < -0.4 is 0 Å². The molecule has 19 heavy (non-hydrogen) atoms. The van der Waals surface area contributed by atoms with E-state index >= 15 is 0 Å². The van der Waals surface area contributed by atoms with Crippen molar-refractivity contribution in [2.24, 2.45) is 11.3 Å². The van der Waals surface area contributed by atoms with Crippen molar-refractivity contribution < 1.29 is 19.2 Å². The van der Waals surface area contributed by atoms with E-state index in [4.69, 9.17) is 9.57 Å². The van der Waals surface area contributed by atoms with Gasteiger partial charge < -0.3 is 9.64 Å². The van der Waals surface area contributed by atoms with Crippen molar-refractivity contribution >= 4 is 12.0 Å². The molecule has 1 unspecified atom stereocenters. The lowest BCUT2D eigenvalue weighted by atomic mass is 9.94. The molecule has 1 saturated carbocycles. The van der Waals surface area contributed by atoms with Crippen molar-refractivity contribution in [2.75, 3.05) is 27.2 Å². The number of amides is 2. The molecule has 6 heteroatoms. The summed E-state index contributed by atoms with van der Waals surface area (Å²) >= 11 is 0. The minimum Gasteiger partial charge on any atom is -0.444 e. The molecule has 1 aliphatic carbocycles. The zero-order valence-electron chi connectivity index (χ0n) is 12.2. The second kappa shape index (κ2) is 4.37. The highest BCUT2D eigenvalue weighted by atomic mass is 16.7. The Bertz CT molecular complexity index is 396. The van der Waals surface area contributed by atoms with Gasteiger partial charge in [0.05, 0.1) is 13.0 Å². The second-order valence-electron chi connectivity index (χ2n) is 6.47. The maximum atomic E-state index is 11.9. The van der Waals surface area contributed by atoms with E-state index in [1.807, 2.05) is 20.8 Å². The highest BCUT2D eigenvalue weighted by molar-refractivity contribution is 5.83. The summed E-state index contributed by atoms with van der Waals surface area (Å²) in [4.78, 5) is 30.3. The smallest absolute Gasteiger partial charge is 0.410 e. The number of likely N-dealkylation sites (tertiary alicyclic amines) is 1. The van der Waals surface area contributed by atoms with Crippen molar-refractivity contribution in [1.82, 2.24) is 9.96 Å². The van der Waals surface area contributed by atoms with E-state index in [1.54, 1.807) is 11.9 Å². The van der Waals surface area contributed by atoms with Crippen LogP contribution in [0.2, 0.25) is 0 Å². The summed E-state index contributed by atoms with van der Waals surface area (Å²) in [5.74, 6) is -0.0255. The summed E-state index contributed by atoms with van der Waals surface area (Å²) in [5, 5.41) is 1.26. The normalized spacial score (nSPS) is 23.8. The van der Waals surface area contributed by atoms with Gasteiger partial charge in [0.15, 0.2) is 0 Å². The first-order valence-electron chi connectivity index (χ1n) is 6.48. The van der Waals surface area contributed by atoms with Gasteiger partial charge in [-0.05, 0) is 27.2 Å². The van der Waals surface area contributed by atoms with Crippen LogP contribution in [0.15, 0.2) is 0 Å². The molecule has 0 aromatic carbocycles. The summed E-state index contributed by atoms with van der Waals surface area (Å²) in [7, 11) is 3.08. The Hall–Kier alpha value is -1.30. The lowest BCUT2D eigenvalue weighted by Gasteiger charge is -2.41. The molecule has 1 saturated heterocycles. The van der Waals surface area contributed by atoms with E-state index in [9.17, 15) is 9.59 Å². The number of hydrogen-bond donors (Lipinski definition) is 0. The van der Waals surface area contributed by atoms with Gasteiger partial charge in [0.2, 0.25) is 5.91 Å². The fourth-order valence-electron chi connectivity index (χ4n) is 2.53. The summed E-state index contributed by atoms with van der Waals surface area (Å²) in [6.07, 6.45) is 0.537. The number of hydroxylamine groups is 2. The molecule has 108 valence electrons. The first kappa shape index (κ1) is 14.1. The molecular weight excluding hydrogens is 248 g/mol. The maximum Gasteiger partial charge on any atom is 0.410 e. The molecule has 1 aliphatic heterocycles. The summed E-state index contributed by atoms with van der Waals surface area (Å²) in [6, 6.07) is 0. The van der Waals surface area contributed by atoms with Gasteiger partial charge in [-0.2, -0.15) is 0 Å². The van der Waals surface area contributed by atoms with Gasteiger partial charge in [-0.1, -0.05) is 0 Å². The summed E-state index contributed by atoms with van der Waals surface area (Å²) < 4.78 is 5.29. The van der Waals surface area contributed by atoms with Crippen molar-refractivity contribution in [2.45, 2.75) is 32.8 Å². The third-order valence-corrected chi connectivity index (χ3v) is 3.74. The Labute approximate surface area is 113 Å². The Kier molecular flexibility index (Phi) is 3.24. The largest absolute Gasteiger partial charge is 0.444 e. The summed E-state index contributed by atoms with van der Waals surface area (Å²) in [5.41, 5.74) is -0.504. The van der Waals surface area contributed by atoms with E-state index in [0.717, 1.165) is 6.42 Å². The van der Waals surface area contributed by atoms with Crippen LogP contribution in [0.5, 0.6) is 0 Å². The first-order valence-corrected chi connectivity index (χ1v) is 6.48. The van der Waals surface area contributed by atoms with Gasteiger partial charge >= 0.3 is 6.09 Å². The van der Waals surface area contributed by atoms with Gasteiger partial charge in [0.25, 0.3) is 0 Å².